The van der Waals surface area contributed by atoms with Crippen molar-refractivity contribution in [2.24, 2.45) is 5.92 Å². The summed E-state index contributed by atoms with van der Waals surface area (Å²) < 4.78 is 16.3. The monoisotopic (exact) mass is 437 g/mol. The first-order valence-corrected chi connectivity index (χ1v) is 10.8. The van der Waals surface area contributed by atoms with Crippen molar-refractivity contribution in [3.8, 4) is 0 Å². The first-order valence-electron chi connectivity index (χ1n) is 10.8. The van der Waals surface area contributed by atoms with E-state index >= 15 is 0 Å². The average Bonchev–Trinajstić information content (AvgIpc) is 3.27. The molecule has 3 unspecified atom stereocenters. The molecule has 0 amide bonds. The number of aliphatic hydroxyl groups is 1. The van der Waals surface area contributed by atoms with Gasteiger partial charge in [0.1, 0.15) is 12.7 Å². The fourth-order valence-corrected chi connectivity index (χ4v) is 3.97. The molecule has 2 aliphatic heterocycles. The van der Waals surface area contributed by atoms with Crippen molar-refractivity contribution >= 4 is 17.9 Å². The Morgan fingerprint density at radius 2 is 1.74 bits per heavy atom. The quantitative estimate of drug-likeness (QED) is 0.333. The minimum absolute atomic E-state index is 0.0417. The number of ether oxygens (including phenoxy) is 3. The molecule has 0 aromatic heterocycles. The van der Waals surface area contributed by atoms with Crippen LogP contribution >= 0.6 is 0 Å². The van der Waals surface area contributed by atoms with Crippen molar-refractivity contribution in [1.82, 2.24) is 4.90 Å². The molecule has 3 atom stereocenters. The van der Waals surface area contributed by atoms with E-state index in [1.165, 1.54) is 13.8 Å². The zero-order valence-corrected chi connectivity index (χ0v) is 19.2. The molecule has 0 aliphatic carbocycles. The Bertz CT molecular complexity index is 735. The number of hydrogen-bond donors (Lipinski definition) is 1. The molecule has 2 fully saturated rings. The lowest BCUT2D eigenvalue weighted by molar-refractivity contribution is -0.150. The summed E-state index contributed by atoms with van der Waals surface area (Å²) in [6.07, 6.45) is 4.55. The van der Waals surface area contributed by atoms with Crippen molar-refractivity contribution < 1.29 is 33.7 Å². The molecule has 0 radical (unpaired) electrons. The van der Waals surface area contributed by atoms with Crippen molar-refractivity contribution in [2.75, 3.05) is 26.3 Å². The molecule has 0 aromatic carbocycles. The van der Waals surface area contributed by atoms with Crippen LogP contribution in [0.4, 0.5) is 0 Å². The summed E-state index contributed by atoms with van der Waals surface area (Å²) >= 11 is 0. The fourth-order valence-electron chi connectivity index (χ4n) is 3.97. The van der Waals surface area contributed by atoms with Gasteiger partial charge in [-0.15, -0.1) is 0 Å². The van der Waals surface area contributed by atoms with Gasteiger partial charge in [-0.25, -0.2) is 9.59 Å². The molecule has 0 saturated carbocycles. The number of allylic oxidation sites excluding steroid dienone is 2. The van der Waals surface area contributed by atoms with Crippen molar-refractivity contribution in [2.45, 2.75) is 71.6 Å². The minimum Gasteiger partial charge on any atom is -0.462 e. The van der Waals surface area contributed by atoms with Crippen LogP contribution in [0.1, 0.15) is 53.9 Å². The number of rotatable bonds is 9. The summed E-state index contributed by atoms with van der Waals surface area (Å²) in [6, 6.07) is 0.0417. The second-order valence-corrected chi connectivity index (χ2v) is 8.84. The van der Waals surface area contributed by atoms with Gasteiger partial charge in [-0.05, 0) is 54.0 Å². The zero-order chi connectivity index (χ0) is 23.2. The van der Waals surface area contributed by atoms with Gasteiger partial charge in [-0.2, -0.15) is 0 Å². The van der Waals surface area contributed by atoms with Gasteiger partial charge in [0.05, 0.1) is 30.2 Å². The highest BCUT2D eigenvalue weighted by atomic mass is 16.6. The van der Waals surface area contributed by atoms with Gasteiger partial charge < -0.3 is 19.3 Å². The molecule has 174 valence electrons. The highest BCUT2D eigenvalue weighted by Crippen LogP contribution is 2.35. The van der Waals surface area contributed by atoms with Crippen molar-refractivity contribution in [3.05, 3.63) is 23.3 Å². The van der Waals surface area contributed by atoms with Gasteiger partial charge in [-0.1, -0.05) is 12.2 Å². The maximum atomic E-state index is 12.5. The van der Waals surface area contributed by atoms with Crippen molar-refractivity contribution in [1.29, 1.82) is 0 Å². The van der Waals surface area contributed by atoms with E-state index in [4.69, 9.17) is 14.2 Å². The first kappa shape index (κ1) is 25.1. The lowest BCUT2D eigenvalue weighted by Crippen LogP contribution is -2.38. The number of carbonyl (C=O) groups is 3. The molecule has 1 N–H and O–H groups in total. The van der Waals surface area contributed by atoms with E-state index < -0.39 is 17.5 Å². The van der Waals surface area contributed by atoms with Crippen LogP contribution in [0.25, 0.3) is 0 Å². The zero-order valence-electron chi connectivity index (χ0n) is 19.2. The fraction of sp³-hybridized carbons (Fsp3) is 0.696. The molecule has 0 aromatic rings. The van der Waals surface area contributed by atoms with Crippen LogP contribution in [0.5, 0.6) is 0 Å². The largest absolute Gasteiger partial charge is 0.462 e. The van der Waals surface area contributed by atoms with E-state index in [0.717, 1.165) is 25.9 Å². The number of esters is 3. The van der Waals surface area contributed by atoms with Gasteiger partial charge >= 0.3 is 17.9 Å². The van der Waals surface area contributed by atoms with Gasteiger partial charge in [0.15, 0.2) is 0 Å². The summed E-state index contributed by atoms with van der Waals surface area (Å²) in [7, 11) is 0. The van der Waals surface area contributed by atoms with Gasteiger partial charge in [0.25, 0.3) is 0 Å². The lowest BCUT2D eigenvalue weighted by atomic mass is 9.97. The van der Waals surface area contributed by atoms with Gasteiger partial charge in [0, 0.05) is 18.0 Å². The van der Waals surface area contributed by atoms with Crippen molar-refractivity contribution in [3.63, 3.8) is 0 Å². The smallest absolute Gasteiger partial charge is 0.337 e. The SMILES string of the molecule is CC=C(C)C(=O)OC1CCN2CCC(COC(=O)C(=CC)COC(=O)CC(C)(C)O)C12. The lowest BCUT2D eigenvalue weighted by Gasteiger charge is -2.26. The molecule has 0 bridgehead atoms. The van der Waals surface area contributed by atoms with Crippen LogP contribution in [-0.4, -0.2) is 72.0 Å². The standard InChI is InChI=1S/C23H35NO7/c1-6-15(3)21(26)31-18-9-11-24-10-8-17(20(18)24)14-30-22(27)16(7-2)13-29-19(25)12-23(4,5)28/h6-7,17-18,20,28H,8-14H2,1-5H3. The number of nitrogens with zero attached hydrogens (tertiary/aromatic N) is 1. The molecule has 8 nitrogen and oxygen atoms in total. The molecular weight excluding hydrogens is 402 g/mol. The molecular formula is C23H35NO7. The second kappa shape index (κ2) is 10.9. The topological polar surface area (TPSA) is 102 Å². The molecule has 31 heavy (non-hydrogen) atoms. The van der Waals surface area contributed by atoms with E-state index in [-0.39, 0.29) is 49.2 Å². The third-order valence-electron chi connectivity index (χ3n) is 5.79. The summed E-state index contributed by atoms with van der Waals surface area (Å²) in [5.41, 5.74) is -0.345. The normalized spacial score (nSPS) is 24.6. The van der Waals surface area contributed by atoms with E-state index in [9.17, 15) is 19.5 Å². The van der Waals surface area contributed by atoms with Gasteiger partial charge in [0.2, 0.25) is 0 Å². The second-order valence-electron chi connectivity index (χ2n) is 8.84. The van der Waals surface area contributed by atoms with E-state index in [1.54, 1.807) is 32.9 Å². The predicted octanol–water partition coefficient (Wildman–Crippen LogP) is 2.15. The Morgan fingerprint density at radius 3 is 2.35 bits per heavy atom. The molecule has 2 saturated heterocycles. The van der Waals surface area contributed by atoms with E-state index in [1.807, 2.05) is 0 Å². The Hall–Kier alpha value is -2.19. The Labute approximate surface area is 184 Å². The van der Waals surface area contributed by atoms with Crippen LogP contribution in [-0.2, 0) is 28.6 Å². The highest BCUT2D eigenvalue weighted by Gasteiger charge is 2.46. The van der Waals surface area contributed by atoms with Crippen LogP contribution in [0.3, 0.4) is 0 Å². The molecule has 2 heterocycles. The molecule has 2 aliphatic rings. The highest BCUT2D eigenvalue weighted by molar-refractivity contribution is 5.89. The Morgan fingerprint density at radius 1 is 1.06 bits per heavy atom. The van der Waals surface area contributed by atoms with Gasteiger partial charge in [-0.3, -0.25) is 9.69 Å². The van der Waals surface area contributed by atoms with E-state index in [2.05, 4.69) is 4.90 Å². The predicted molar refractivity (Wildman–Crippen MR) is 114 cm³/mol. The summed E-state index contributed by atoms with van der Waals surface area (Å²) in [4.78, 5) is 38.7. The van der Waals surface area contributed by atoms with E-state index in [0.29, 0.717) is 5.57 Å². The average molecular weight is 438 g/mol. The minimum atomic E-state index is -1.17. The molecule has 2 rings (SSSR count). The van der Waals surface area contributed by atoms with Crippen LogP contribution in [0, 0.1) is 5.92 Å². The summed E-state index contributed by atoms with van der Waals surface area (Å²) in [5.74, 6) is -1.35. The Balaban J connectivity index is 1.87. The number of hydrogen-bond acceptors (Lipinski definition) is 8. The third-order valence-corrected chi connectivity index (χ3v) is 5.79. The Kier molecular flexibility index (Phi) is 8.82. The van der Waals surface area contributed by atoms with Crippen LogP contribution in [0.15, 0.2) is 23.3 Å². The van der Waals surface area contributed by atoms with Crippen LogP contribution < -0.4 is 0 Å². The number of fused-ring (bicyclic) bond motifs is 1. The van der Waals surface area contributed by atoms with Crippen LogP contribution in [0.2, 0.25) is 0 Å². The first-order chi connectivity index (χ1) is 14.6. The maximum Gasteiger partial charge on any atom is 0.337 e. The molecule has 0 spiro atoms. The summed E-state index contributed by atoms with van der Waals surface area (Å²) in [6.45, 7) is 9.99. The number of carbonyl (C=O) groups excluding carboxylic acids is 3. The molecule has 8 heteroatoms. The summed E-state index contributed by atoms with van der Waals surface area (Å²) in [5, 5.41) is 9.67. The third kappa shape index (κ3) is 7.18. The maximum absolute atomic E-state index is 12.5.